The van der Waals surface area contributed by atoms with E-state index >= 15 is 0 Å². The van der Waals surface area contributed by atoms with Crippen molar-refractivity contribution in [2.75, 3.05) is 33.3 Å². The van der Waals surface area contributed by atoms with Crippen molar-refractivity contribution in [3.63, 3.8) is 0 Å². The molecule has 1 aliphatic rings. The Morgan fingerprint density at radius 3 is 2.58 bits per heavy atom. The van der Waals surface area contributed by atoms with Gasteiger partial charge in [0.2, 0.25) is 11.0 Å². The summed E-state index contributed by atoms with van der Waals surface area (Å²) in [6.07, 6.45) is 1.33. The molecule has 0 spiro atoms. The minimum Gasteiger partial charge on any atom is -0.466 e. The minimum atomic E-state index is -3.92. The molecule has 1 atom stereocenters. The second-order valence-electron chi connectivity index (χ2n) is 8.57. The number of hydrogen-bond donors (Lipinski definition) is 1. The molecule has 174 valence electrons. The van der Waals surface area contributed by atoms with E-state index in [0.717, 1.165) is 4.90 Å². The molecule has 2 amide bonds. The van der Waals surface area contributed by atoms with E-state index in [1.165, 1.54) is 19.2 Å². The number of hydrogen-bond acceptors (Lipinski definition) is 7. The maximum atomic E-state index is 12.6. The first-order chi connectivity index (χ1) is 14.3. The van der Waals surface area contributed by atoms with Crippen LogP contribution in [0.5, 0.6) is 0 Å². The van der Waals surface area contributed by atoms with Gasteiger partial charge in [-0.2, -0.15) is 0 Å². The van der Waals surface area contributed by atoms with Crippen LogP contribution in [-0.4, -0.2) is 74.8 Å². The van der Waals surface area contributed by atoms with Gasteiger partial charge in [0, 0.05) is 25.7 Å². The highest BCUT2D eigenvalue weighted by Crippen LogP contribution is 2.20. The van der Waals surface area contributed by atoms with Crippen LogP contribution in [0.3, 0.4) is 0 Å². The molecule has 1 saturated heterocycles. The van der Waals surface area contributed by atoms with Gasteiger partial charge in [-0.05, 0) is 52.7 Å². The number of esters is 1. The molecule has 0 saturated carbocycles. The van der Waals surface area contributed by atoms with E-state index in [1.807, 2.05) is 0 Å². The number of rotatable bonds is 7. The summed E-state index contributed by atoms with van der Waals surface area (Å²) >= 11 is 0. The summed E-state index contributed by atoms with van der Waals surface area (Å²) in [7, 11) is -2.49. The first-order valence-electron chi connectivity index (χ1n) is 10.2. The normalized spacial score (nSPS) is 17.3. The van der Waals surface area contributed by atoms with Crippen molar-refractivity contribution in [2.45, 2.75) is 51.2 Å². The number of carbonyl (C=O) groups is 3. The second-order valence-corrected chi connectivity index (χ2v) is 10.2. The van der Waals surface area contributed by atoms with Gasteiger partial charge in [-0.15, -0.1) is 0 Å². The summed E-state index contributed by atoms with van der Waals surface area (Å²) in [6.45, 7) is 7.60. The van der Waals surface area contributed by atoms with Crippen LogP contribution in [0.15, 0.2) is 21.6 Å². The lowest BCUT2D eigenvalue weighted by atomic mass is 9.98. The van der Waals surface area contributed by atoms with Gasteiger partial charge in [0.25, 0.3) is 15.9 Å². The molecule has 1 aromatic rings. The highest BCUT2D eigenvalue weighted by Gasteiger charge is 2.31. The molecule has 10 nitrogen and oxygen atoms in total. The molecule has 2 heterocycles. The van der Waals surface area contributed by atoms with E-state index in [0.29, 0.717) is 19.4 Å². The zero-order valence-corrected chi connectivity index (χ0v) is 19.5. The lowest BCUT2D eigenvalue weighted by Gasteiger charge is -2.32. The van der Waals surface area contributed by atoms with Gasteiger partial charge in [0.15, 0.2) is 5.76 Å². The predicted molar refractivity (Wildman–Crippen MR) is 112 cm³/mol. The first-order valence-corrected chi connectivity index (χ1v) is 11.7. The van der Waals surface area contributed by atoms with E-state index in [4.69, 9.17) is 9.15 Å². The van der Waals surface area contributed by atoms with Crippen LogP contribution in [0.2, 0.25) is 0 Å². The van der Waals surface area contributed by atoms with Crippen molar-refractivity contribution in [2.24, 2.45) is 5.92 Å². The number of piperidine rings is 1. The number of likely N-dealkylation sites (N-methyl/N-ethyl adjacent to an activating group) is 1. The van der Waals surface area contributed by atoms with E-state index < -0.39 is 21.5 Å². The largest absolute Gasteiger partial charge is 0.466 e. The number of nitrogens with one attached hydrogen (secondary N) is 1. The molecule has 0 aliphatic carbocycles. The summed E-state index contributed by atoms with van der Waals surface area (Å²) < 4.78 is 37.4. The van der Waals surface area contributed by atoms with Crippen molar-refractivity contribution in [3.05, 3.63) is 17.9 Å². The number of nitrogens with zero attached hydrogens (tertiary/aromatic N) is 2. The lowest BCUT2D eigenvalue weighted by molar-refractivity contribution is -0.151. The van der Waals surface area contributed by atoms with Gasteiger partial charge in [0.05, 0.1) is 19.1 Å². The number of carbonyl (C=O) groups excluding carboxylic acids is 3. The Morgan fingerprint density at radius 1 is 1.29 bits per heavy atom. The van der Waals surface area contributed by atoms with Crippen LogP contribution in [-0.2, 0) is 24.3 Å². The lowest BCUT2D eigenvalue weighted by Crippen LogP contribution is -2.47. The van der Waals surface area contributed by atoms with Gasteiger partial charge in [-0.25, -0.2) is 13.1 Å². The van der Waals surface area contributed by atoms with Crippen LogP contribution in [0.1, 0.15) is 51.1 Å². The molecule has 0 bridgehead atoms. The summed E-state index contributed by atoms with van der Waals surface area (Å²) in [5.74, 6) is -1.81. The van der Waals surface area contributed by atoms with Crippen molar-refractivity contribution < 1.29 is 32.0 Å². The van der Waals surface area contributed by atoms with Crippen molar-refractivity contribution in [1.82, 2.24) is 14.5 Å². The highest BCUT2D eigenvalue weighted by atomic mass is 32.2. The smallest absolute Gasteiger partial charge is 0.310 e. The summed E-state index contributed by atoms with van der Waals surface area (Å²) in [4.78, 5) is 39.9. The van der Waals surface area contributed by atoms with Gasteiger partial charge in [0.1, 0.15) is 0 Å². The third-order valence-corrected chi connectivity index (χ3v) is 6.24. The molecule has 2 rings (SSSR count). The predicted octanol–water partition coefficient (Wildman–Crippen LogP) is 1.23. The number of sulfonamides is 1. The Bertz CT molecular complexity index is 917. The van der Waals surface area contributed by atoms with Crippen LogP contribution in [0, 0.1) is 5.92 Å². The zero-order chi connectivity index (χ0) is 23.4. The van der Waals surface area contributed by atoms with Gasteiger partial charge >= 0.3 is 5.97 Å². The molecule has 1 aliphatic heterocycles. The maximum Gasteiger partial charge on any atom is 0.310 e. The van der Waals surface area contributed by atoms with Crippen molar-refractivity contribution in [1.29, 1.82) is 0 Å². The number of likely N-dealkylation sites (tertiary alicyclic amines) is 1. The molecule has 0 radical (unpaired) electrons. The Kier molecular flexibility index (Phi) is 7.87. The fourth-order valence-corrected chi connectivity index (χ4v) is 4.61. The van der Waals surface area contributed by atoms with Gasteiger partial charge in [-0.3, -0.25) is 14.4 Å². The standard InChI is InChI=1S/C20H31N3O7S/c1-6-29-19(26)14-8-7-11-23(12-14)16(24)13-22(5)18(25)15-9-10-17(30-15)31(27,28)21-20(2,3)4/h9-10,14,21H,6-8,11-13H2,1-5H3. The number of ether oxygens (including phenoxy) is 1. The molecular formula is C20H31N3O7S. The summed E-state index contributed by atoms with van der Waals surface area (Å²) in [5, 5.41) is -0.376. The van der Waals surface area contributed by atoms with E-state index in [1.54, 1.807) is 32.6 Å². The third kappa shape index (κ3) is 6.79. The van der Waals surface area contributed by atoms with Crippen LogP contribution in [0.25, 0.3) is 0 Å². The van der Waals surface area contributed by atoms with Gasteiger partial charge in [-0.1, -0.05) is 0 Å². The van der Waals surface area contributed by atoms with Crippen molar-refractivity contribution >= 4 is 27.8 Å². The fourth-order valence-electron chi connectivity index (χ4n) is 3.25. The topological polar surface area (TPSA) is 126 Å². The Labute approximate surface area is 182 Å². The SMILES string of the molecule is CCOC(=O)C1CCCN(C(=O)CN(C)C(=O)c2ccc(S(=O)(=O)NC(C)(C)C)o2)C1. The number of amides is 2. The monoisotopic (exact) mass is 457 g/mol. The second kappa shape index (κ2) is 9.82. The molecule has 1 N–H and O–H groups in total. The average Bonchev–Trinajstić information content (AvgIpc) is 3.17. The Balaban J connectivity index is 2.00. The van der Waals surface area contributed by atoms with Crippen LogP contribution < -0.4 is 4.72 Å². The third-order valence-electron chi connectivity index (χ3n) is 4.61. The quantitative estimate of drug-likeness (QED) is 0.610. The van der Waals surface area contributed by atoms with E-state index in [9.17, 15) is 22.8 Å². The summed E-state index contributed by atoms with van der Waals surface area (Å²) in [6, 6.07) is 2.46. The highest BCUT2D eigenvalue weighted by molar-refractivity contribution is 7.89. The molecule has 11 heteroatoms. The molecule has 0 aromatic carbocycles. The zero-order valence-electron chi connectivity index (χ0n) is 18.6. The van der Waals surface area contributed by atoms with Crippen LogP contribution in [0.4, 0.5) is 0 Å². The van der Waals surface area contributed by atoms with E-state index in [2.05, 4.69) is 4.72 Å². The Hall–Kier alpha value is -2.40. The summed E-state index contributed by atoms with van der Waals surface area (Å²) in [5.41, 5.74) is -0.713. The molecule has 31 heavy (non-hydrogen) atoms. The molecule has 1 fully saturated rings. The van der Waals surface area contributed by atoms with Gasteiger partial charge < -0.3 is 19.0 Å². The molecular weight excluding hydrogens is 426 g/mol. The maximum absolute atomic E-state index is 12.6. The fraction of sp³-hybridized carbons (Fsp3) is 0.650. The number of furan rings is 1. The Morgan fingerprint density at radius 2 is 1.97 bits per heavy atom. The average molecular weight is 458 g/mol. The van der Waals surface area contributed by atoms with Crippen molar-refractivity contribution in [3.8, 4) is 0 Å². The van der Waals surface area contributed by atoms with Crippen LogP contribution >= 0.6 is 0 Å². The molecule has 1 unspecified atom stereocenters. The van der Waals surface area contributed by atoms with E-state index in [-0.39, 0.29) is 48.3 Å². The first kappa shape index (κ1) is 24.9. The minimum absolute atomic E-state index is 0.187. The molecule has 1 aromatic heterocycles.